The Morgan fingerprint density at radius 1 is 1.50 bits per heavy atom. The Morgan fingerprint density at radius 2 is 2.27 bits per heavy atom. The number of aromatic nitrogens is 3. The molecule has 3 heterocycles. The summed E-state index contributed by atoms with van der Waals surface area (Å²) in [6.45, 7) is 6.31. The van der Waals surface area contributed by atoms with E-state index in [2.05, 4.69) is 30.9 Å². The first-order valence-electron chi connectivity index (χ1n) is 7.34. The van der Waals surface area contributed by atoms with Crippen LogP contribution in [-0.4, -0.2) is 38.1 Å². The van der Waals surface area contributed by atoms with E-state index in [0.717, 1.165) is 28.7 Å². The second-order valence-electron chi connectivity index (χ2n) is 6.48. The zero-order valence-electron chi connectivity index (χ0n) is 12.9. The van der Waals surface area contributed by atoms with Crippen LogP contribution in [0.15, 0.2) is 16.7 Å². The molecule has 0 spiro atoms. The number of fused-ring (bicyclic) bond motifs is 1. The van der Waals surface area contributed by atoms with Crippen LogP contribution in [0.4, 0.5) is 4.79 Å². The van der Waals surface area contributed by atoms with Crippen LogP contribution < -0.4 is 0 Å². The number of pyridine rings is 1. The first-order valence-corrected chi connectivity index (χ1v) is 8.13. The molecular weight excluding hydrogens is 348 g/mol. The molecule has 1 saturated heterocycles. The van der Waals surface area contributed by atoms with E-state index in [0.29, 0.717) is 12.2 Å². The van der Waals surface area contributed by atoms with E-state index >= 15 is 0 Å². The van der Waals surface area contributed by atoms with E-state index in [-0.39, 0.29) is 12.1 Å². The van der Waals surface area contributed by atoms with Crippen molar-refractivity contribution in [2.75, 3.05) is 6.54 Å². The molecule has 7 heteroatoms. The number of carbonyl (C=O) groups is 1. The van der Waals surface area contributed by atoms with Gasteiger partial charge in [0.25, 0.3) is 0 Å². The Hall–Kier alpha value is -1.63. The molecule has 2 aromatic heterocycles. The minimum absolute atomic E-state index is 0.0807. The predicted molar refractivity (Wildman–Crippen MR) is 86.5 cm³/mol. The Kier molecular flexibility index (Phi) is 3.84. The molecule has 0 aliphatic carbocycles. The van der Waals surface area contributed by atoms with E-state index in [1.807, 2.05) is 26.8 Å². The minimum atomic E-state index is -0.496. The first-order chi connectivity index (χ1) is 10.3. The molecule has 6 nitrogen and oxygen atoms in total. The number of nitrogens with one attached hydrogen (secondary N) is 1. The van der Waals surface area contributed by atoms with E-state index in [1.54, 1.807) is 11.1 Å². The van der Waals surface area contributed by atoms with Crippen LogP contribution in [0.3, 0.4) is 0 Å². The summed E-state index contributed by atoms with van der Waals surface area (Å²) in [5.41, 5.74) is 1.03. The van der Waals surface area contributed by atoms with Crippen molar-refractivity contribution in [3.05, 3.63) is 22.6 Å². The number of ether oxygens (including phenoxy) is 1. The summed E-state index contributed by atoms with van der Waals surface area (Å²) in [4.78, 5) is 26.2. The van der Waals surface area contributed by atoms with Gasteiger partial charge in [-0.1, -0.05) is 0 Å². The number of hydrogen-bond donors (Lipinski definition) is 1. The van der Waals surface area contributed by atoms with Gasteiger partial charge in [-0.3, -0.25) is 4.90 Å². The highest BCUT2D eigenvalue weighted by Gasteiger charge is 2.35. The summed E-state index contributed by atoms with van der Waals surface area (Å²) in [6.07, 6.45) is 3.25. The molecule has 3 rings (SSSR count). The van der Waals surface area contributed by atoms with Crippen molar-refractivity contribution in [2.45, 2.75) is 45.3 Å². The molecule has 118 valence electrons. The van der Waals surface area contributed by atoms with E-state index in [4.69, 9.17) is 4.74 Å². The number of H-pyrrole nitrogens is 1. The molecule has 1 amide bonds. The third kappa shape index (κ3) is 3.09. The summed E-state index contributed by atoms with van der Waals surface area (Å²) in [6, 6.07) is 1.86. The van der Waals surface area contributed by atoms with E-state index < -0.39 is 5.60 Å². The van der Waals surface area contributed by atoms with Crippen molar-refractivity contribution < 1.29 is 9.53 Å². The molecule has 1 fully saturated rings. The van der Waals surface area contributed by atoms with Crippen LogP contribution in [0.1, 0.15) is 45.5 Å². The quantitative estimate of drug-likeness (QED) is 0.833. The molecule has 1 N–H and O–H groups in total. The van der Waals surface area contributed by atoms with Gasteiger partial charge >= 0.3 is 6.09 Å². The molecule has 0 radical (unpaired) electrons. The topological polar surface area (TPSA) is 71.1 Å². The third-order valence-corrected chi connectivity index (χ3v) is 3.95. The number of amides is 1. The standard InChI is InChI=1S/C15H19BrN4O2/c1-15(2,3)22-14(21)20-6-4-5-11(20)13-18-10-7-9(16)8-17-12(10)19-13/h7-8,11H,4-6H2,1-3H3,(H,17,18,19)/t11-/m1/s1. The fourth-order valence-electron chi connectivity index (χ4n) is 2.64. The smallest absolute Gasteiger partial charge is 0.410 e. The number of hydrogen-bond acceptors (Lipinski definition) is 4. The maximum atomic E-state index is 12.4. The van der Waals surface area contributed by atoms with Gasteiger partial charge in [-0.2, -0.15) is 0 Å². The summed E-state index contributed by atoms with van der Waals surface area (Å²) >= 11 is 3.40. The Labute approximate surface area is 137 Å². The highest BCUT2D eigenvalue weighted by Crippen LogP contribution is 2.32. The van der Waals surface area contributed by atoms with Gasteiger partial charge in [0, 0.05) is 17.2 Å². The number of halogens is 1. The largest absolute Gasteiger partial charge is 0.444 e. The van der Waals surface area contributed by atoms with Crippen molar-refractivity contribution in [3.63, 3.8) is 0 Å². The highest BCUT2D eigenvalue weighted by molar-refractivity contribution is 9.10. The maximum absolute atomic E-state index is 12.4. The van der Waals surface area contributed by atoms with Gasteiger partial charge in [-0.15, -0.1) is 0 Å². The van der Waals surface area contributed by atoms with E-state index in [9.17, 15) is 4.79 Å². The van der Waals surface area contributed by atoms with Gasteiger partial charge in [-0.05, 0) is 55.6 Å². The minimum Gasteiger partial charge on any atom is -0.444 e. The number of likely N-dealkylation sites (tertiary alicyclic amines) is 1. The van der Waals surface area contributed by atoms with Crippen LogP contribution in [0.5, 0.6) is 0 Å². The molecule has 0 bridgehead atoms. The van der Waals surface area contributed by atoms with E-state index in [1.165, 1.54) is 0 Å². The summed E-state index contributed by atoms with van der Waals surface area (Å²) in [5.74, 6) is 0.768. The average molecular weight is 367 g/mol. The van der Waals surface area contributed by atoms with Gasteiger partial charge < -0.3 is 9.72 Å². The van der Waals surface area contributed by atoms with Gasteiger partial charge in [0.05, 0.1) is 11.6 Å². The van der Waals surface area contributed by atoms with Crippen LogP contribution in [0, 0.1) is 0 Å². The lowest BCUT2D eigenvalue weighted by Crippen LogP contribution is -2.36. The number of imidazole rings is 1. The molecule has 1 aliphatic rings. The molecule has 0 aromatic carbocycles. The average Bonchev–Trinajstić information content (AvgIpc) is 3.01. The predicted octanol–water partition coefficient (Wildman–Crippen LogP) is 3.79. The Bertz CT molecular complexity index is 707. The van der Waals surface area contributed by atoms with Crippen LogP contribution in [-0.2, 0) is 4.74 Å². The molecule has 0 saturated carbocycles. The van der Waals surface area contributed by atoms with Gasteiger partial charge in [0.15, 0.2) is 5.65 Å². The van der Waals surface area contributed by atoms with Crippen molar-refractivity contribution in [3.8, 4) is 0 Å². The van der Waals surface area contributed by atoms with Crippen molar-refractivity contribution in [1.29, 1.82) is 0 Å². The highest BCUT2D eigenvalue weighted by atomic mass is 79.9. The van der Waals surface area contributed by atoms with Gasteiger partial charge in [0.1, 0.15) is 11.4 Å². The first kappa shape index (κ1) is 15.3. The van der Waals surface area contributed by atoms with Crippen LogP contribution >= 0.6 is 15.9 Å². The van der Waals surface area contributed by atoms with Crippen molar-refractivity contribution >= 4 is 33.2 Å². The fourth-order valence-corrected chi connectivity index (χ4v) is 2.97. The third-order valence-electron chi connectivity index (χ3n) is 3.52. The second kappa shape index (κ2) is 5.53. The summed E-state index contributed by atoms with van der Waals surface area (Å²) < 4.78 is 6.38. The Balaban J connectivity index is 1.86. The second-order valence-corrected chi connectivity index (χ2v) is 7.39. The van der Waals surface area contributed by atoms with Crippen LogP contribution in [0.2, 0.25) is 0 Å². The lowest BCUT2D eigenvalue weighted by atomic mass is 10.2. The monoisotopic (exact) mass is 366 g/mol. The maximum Gasteiger partial charge on any atom is 0.410 e. The number of carbonyl (C=O) groups excluding carboxylic acids is 1. The number of rotatable bonds is 1. The van der Waals surface area contributed by atoms with Crippen molar-refractivity contribution in [2.24, 2.45) is 0 Å². The number of nitrogens with zero attached hydrogens (tertiary/aromatic N) is 3. The molecule has 22 heavy (non-hydrogen) atoms. The zero-order valence-corrected chi connectivity index (χ0v) is 14.5. The van der Waals surface area contributed by atoms with Crippen LogP contribution in [0.25, 0.3) is 11.2 Å². The normalized spacial score (nSPS) is 18.9. The fraction of sp³-hybridized carbons (Fsp3) is 0.533. The lowest BCUT2D eigenvalue weighted by Gasteiger charge is -2.27. The molecule has 2 aromatic rings. The summed E-state index contributed by atoms with van der Waals surface area (Å²) in [7, 11) is 0. The summed E-state index contributed by atoms with van der Waals surface area (Å²) in [5, 5.41) is 0. The molecule has 1 atom stereocenters. The lowest BCUT2D eigenvalue weighted by molar-refractivity contribution is 0.0219. The van der Waals surface area contributed by atoms with Crippen molar-refractivity contribution in [1.82, 2.24) is 19.9 Å². The van der Waals surface area contributed by atoms with Gasteiger partial charge in [0.2, 0.25) is 0 Å². The van der Waals surface area contributed by atoms with Gasteiger partial charge in [-0.25, -0.2) is 14.8 Å². The zero-order chi connectivity index (χ0) is 15.9. The Morgan fingerprint density at radius 3 is 3.00 bits per heavy atom. The molecular formula is C15H19BrN4O2. The molecule has 1 aliphatic heterocycles. The number of aromatic amines is 1. The molecule has 0 unspecified atom stereocenters. The SMILES string of the molecule is CC(C)(C)OC(=O)N1CCC[C@@H]1c1nc2ncc(Br)cc2[nH]1.